The van der Waals surface area contributed by atoms with Gasteiger partial charge in [-0.1, -0.05) is 23.9 Å². The summed E-state index contributed by atoms with van der Waals surface area (Å²) in [6.45, 7) is 0. The van der Waals surface area contributed by atoms with Crippen LogP contribution in [0.25, 0.3) is 16.6 Å². The first-order valence-electron chi connectivity index (χ1n) is 6.48. The van der Waals surface area contributed by atoms with Crippen molar-refractivity contribution in [3.63, 3.8) is 0 Å². The Morgan fingerprint density at radius 2 is 1.91 bits per heavy atom. The maximum Gasteiger partial charge on any atom is 0.266 e. The minimum Gasteiger partial charge on any atom is -0.268 e. The van der Waals surface area contributed by atoms with Gasteiger partial charge in [0, 0.05) is 0 Å². The zero-order valence-electron chi connectivity index (χ0n) is 11.4. The third-order valence-electron chi connectivity index (χ3n) is 3.10. The van der Waals surface area contributed by atoms with Crippen molar-refractivity contribution in [2.75, 3.05) is 5.75 Å². The van der Waals surface area contributed by atoms with Crippen LogP contribution < -0.4 is 5.56 Å². The number of hydrogen-bond donors (Lipinski definition) is 0. The average molecular weight is 311 g/mol. The van der Waals surface area contributed by atoms with E-state index in [1.807, 2.05) is 6.07 Å². The van der Waals surface area contributed by atoms with Gasteiger partial charge < -0.3 is 0 Å². The largest absolute Gasteiger partial charge is 0.268 e. The van der Waals surface area contributed by atoms with E-state index in [9.17, 15) is 9.18 Å². The number of para-hydroxylation sites is 1. The molecular weight excluding hydrogens is 301 g/mol. The van der Waals surface area contributed by atoms with Crippen molar-refractivity contribution in [3.8, 4) is 11.8 Å². The Balaban J connectivity index is 2.30. The second kappa shape index (κ2) is 6.00. The lowest BCUT2D eigenvalue weighted by atomic mass is 10.2. The molecule has 0 aliphatic heterocycles. The highest BCUT2D eigenvalue weighted by molar-refractivity contribution is 7.99. The third kappa shape index (κ3) is 2.59. The summed E-state index contributed by atoms with van der Waals surface area (Å²) in [4.78, 5) is 17.2. The van der Waals surface area contributed by atoms with Crippen LogP contribution in [0, 0.1) is 17.1 Å². The molecule has 0 unspecified atom stereocenters. The number of aromatic nitrogens is 2. The highest BCUT2D eigenvalue weighted by Crippen LogP contribution is 2.21. The summed E-state index contributed by atoms with van der Waals surface area (Å²) in [5.74, 6) is -0.205. The van der Waals surface area contributed by atoms with E-state index in [1.54, 1.807) is 24.3 Å². The summed E-state index contributed by atoms with van der Waals surface area (Å²) < 4.78 is 14.5. The molecule has 0 fully saturated rings. The monoisotopic (exact) mass is 311 g/mol. The van der Waals surface area contributed by atoms with Gasteiger partial charge in [-0.15, -0.1) is 0 Å². The molecule has 6 heteroatoms. The van der Waals surface area contributed by atoms with Crippen molar-refractivity contribution in [1.29, 1.82) is 5.26 Å². The van der Waals surface area contributed by atoms with E-state index in [-0.39, 0.29) is 17.1 Å². The molecule has 2 aromatic carbocycles. The Bertz CT molecular complexity index is 929. The first-order chi connectivity index (χ1) is 10.7. The minimum absolute atomic E-state index is 0.173. The summed E-state index contributed by atoms with van der Waals surface area (Å²) in [5.41, 5.74) is 0.856. The molecule has 3 aromatic rings. The molecule has 108 valence electrons. The first kappa shape index (κ1) is 14.3. The molecule has 0 N–H and O–H groups in total. The molecule has 0 spiro atoms. The number of nitriles is 1. The molecule has 4 nitrogen and oxygen atoms in total. The SMILES string of the molecule is N#CCSc1nc2ccccc2c(=O)n1-c1ccc(F)cc1. The van der Waals surface area contributed by atoms with Gasteiger partial charge in [0.1, 0.15) is 5.82 Å². The Morgan fingerprint density at radius 1 is 1.18 bits per heavy atom. The maximum atomic E-state index is 13.1. The number of rotatable bonds is 3. The smallest absolute Gasteiger partial charge is 0.266 e. The molecule has 1 heterocycles. The lowest BCUT2D eigenvalue weighted by Crippen LogP contribution is -2.21. The minimum atomic E-state index is -0.378. The number of halogens is 1. The highest BCUT2D eigenvalue weighted by Gasteiger charge is 2.13. The number of benzene rings is 2. The number of thioether (sulfide) groups is 1. The van der Waals surface area contributed by atoms with E-state index in [1.165, 1.54) is 40.6 Å². The molecular formula is C16H10FN3OS. The topological polar surface area (TPSA) is 58.7 Å². The zero-order chi connectivity index (χ0) is 15.5. The molecule has 0 saturated heterocycles. The Hall–Kier alpha value is -2.65. The van der Waals surface area contributed by atoms with Crippen molar-refractivity contribution in [2.24, 2.45) is 0 Å². The van der Waals surface area contributed by atoms with Gasteiger partial charge in [0.25, 0.3) is 5.56 Å². The summed E-state index contributed by atoms with van der Waals surface area (Å²) in [5, 5.41) is 9.67. The van der Waals surface area contributed by atoms with Crippen LogP contribution in [-0.2, 0) is 0 Å². The summed E-state index contributed by atoms with van der Waals surface area (Å²) in [7, 11) is 0. The highest BCUT2D eigenvalue weighted by atomic mass is 32.2. The predicted octanol–water partition coefficient (Wildman–Crippen LogP) is 3.14. The second-order valence-corrected chi connectivity index (χ2v) is 5.42. The van der Waals surface area contributed by atoms with Crippen LogP contribution in [0.4, 0.5) is 4.39 Å². The van der Waals surface area contributed by atoms with Crippen molar-refractivity contribution in [2.45, 2.75) is 5.16 Å². The fraction of sp³-hybridized carbons (Fsp3) is 0.0625. The molecule has 0 aliphatic carbocycles. The van der Waals surface area contributed by atoms with Crippen LogP contribution >= 0.6 is 11.8 Å². The van der Waals surface area contributed by atoms with E-state index in [0.29, 0.717) is 21.7 Å². The lowest BCUT2D eigenvalue weighted by molar-refractivity contribution is 0.627. The third-order valence-corrected chi connectivity index (χ3v) is 3.90. The zero-order valence-corrected chi connectivity index (χ0v) is 12.2. The summed E-state index contributed by atoms with van der Waals surface area (Å²) >= 11 is 1.17. The van der Waals surface area contributed by atoms with Crippen LogP contribution in [-0.4, -0.2) is 15.3 Å². The van der Waals surface area contributed by atoms with Gasteiger partial charge >= 0.3 is 0 Å². The average Bonchev–Trinajstić information content (AvgIpc) is 2.54. The normalized spacial score (nSPS) is 10.5. The number of nitrogens with zero attached hydrogens (tertiary/aromatic N) is 3. The number of fused-ring (bicyclic) bond motifs is 1. The van der Waals surface area contributed by atoms with Gasteiger partial charge in [-0.25, -0.2) is 9.37 Å². The van der Waals surface area contributed by atoms with Gasteiger partial charge in [-0.05, 0) is 36.4 Å². The van der Waals surface area contributed by atoms with Crippen LogP contribution in [0.5, 0.6) is 0 Å². The van der Waals surface area contributed by atoms with E-state index in [4.69, 9.17) is 5.26 Å². The van der Waals surface area contributed by atoms with Crippen LogP contribution in [0.1, 0.15) is 0 Å². The molecule has 3 rings (SSSR count). The van der Waals surface area contributed by atoms with Crippen LogP contribution in [0.15, 0.2) is 58.5 Å². The molecule has 0 atom stereocenters. The Kier molecular flexibility index (Phi) is 3.90. The van der Waals surface area contributed by atoms with Gasteiger partial charge in [0.15, 0.2) is 5.16 Å². The molecule has 0 bridgehead atoms. The van der Waals surface area contributed by atoms with Gasteiger partial charge in [-0.3, -0.25) is 9.36 Å². The first-order valence-corrected chi connectivity index (χ1v) is 7.47. The molecule has 0 aliphatic rings. The van der Waals surface area contributed by atoms with E-state index >= 15 is 0 Å². The summed E-state index contributed by atoms with van der Waals surface area (Å²) in [6, 6.07) is 14.6. The van der Waals surface area contributed by atoms with Gasteiger partial charge in [-0.2, -0.15) is 5.26 Å². The molecule has 0 radical (unpaired) electrons. The predicted molar refractivity (Wildman–Crippen MR) is 83.6 cm³/mol. The molecule has 22 heavy (non-hydrogen) atoms. The van der Waals surface area contributed by atoms with E-state index < -0.39 is 0 Å². The van der Waals surface area contributed by atoms with Crippen molar-refractivity contribution >= 4 is 22.7 Å². The number of hydrogen-bond acceptors (Lipinski definition) is 4. The van der Waals surface area contributed by atoms with Crippen molar-refractivity contribution in [1.82, 2.24) is 9.55 Å². The van der Waals surface area contributed by atoms with Gasteiger partial charge in [0.2, 0.25) is 0 Å². The van der Waals surface area contributed by atoms with Crippen LogP contribution in [0.3, 0.4) is 0 Å². The standard InChI is InChI=1S/C16H10FN3OS/c17-11-5-7-12(8-6-11)20-15(21)13-3-1-2-4-14(13)19-16(20)22-10-9-18/h1-8H,10H2. The van der Waals surface area contributed by atoms with E-state index in [2.05, 4.69) is 4.98 Å². The molecule has 0 saturated carbocycles. The lowest BCUT2D eigenvalue weighted by Gasteiger charge is -2.12. The van der Waals surface area contributed by atoms with Crippen molar-refractivity contribution in [3.05, 3.63) is 64.7 Å². The van der Waals surface area contributed by atoms with Crippen LogP contribution in [0.2, 0.25) is 0 Å². The summed E-state index contributed by atoms with van der Waals surface area (Å²) in [6.07, 6.45) is 0. The Labute approximate surface area is 129 Å². The fourth-order valence-electron chi connectivity index (χ4n) is 2.12. The molecule has 1 aromatic heterocycles. The Morgan fingerprint density at radius 3 is 2.64 bits per heavy atom. The molecule has 0 amide bonds. The second-order valence-electron chi connectivity index (χ2n) is 4.48. The van der Waals surface area contributed by atoms with Crippen molar-refractivity contribution < 1.29 is 4.39 Å². The van der Waals surface area contributed by atoms with Gasteiger partial charge in [0.05, 0.1) is 28.4 Å². The maximum absolute atomic E-state index is 13.1. The quantitative estimate of drug-likeness (QED) is 0.551. The fourth-order valence-corrected chi connectivity index (χ4v) is 2.80. The van der Waals surface area contributed by atoms with E-state index in [0.717, 1.165) is 0 Å².